The Balaban J connectivity index is 3.02. The average molecular weight is 298 g/mol. The normalized spacial score (nSPS) is 14.1. The number of alkyl carbamates (subject to hydrolysis) is 1. The number of nitrogens with one attached hydrogen (secondary N) is 1. The Bertz CT molecular complexity index is 528. The van der Waals surface area contributed by atoms with Gasteiger partial charge in [-0.05, 0) is 26.8 Å². The van der Waals surface area contributed by atoms with E-state index in [-0.39, 0.29) is 5.56 Å². The van der Waals surface area contributed by atoms with Gasteiger partial charge in [0.1, 0.15) is 17.5 Å². The van der Waals surface area contributed by atoms with Crippen molar-refractivity contribution in [2.75, 3.05) is 0 Å². The monoisotopic (exact) mass is 298 g/mol. The minimum atomic E-state index is -1.20. The summed E-state index contributed by atoms with van der Waals surface area (Å²) >= 11 is 0. The summed E-state index contributed by atoms with van der Waals surface area (Å²) in [4.78, 5) is 22.2. The lowest BCUT2D eigenvalue weighted by atomic mass is 10.0. The quantitative estimate of drug-likeness (QED) is 0.684. The zero-order valence-corrected chi connectivity index (χ0v) is 12.4. The topological polar surface area (TPSA) is 81.5 Å². The average Bonchev–Trinajstić information content (AvgIpc) is 2.34. The van der Waals surface area contributed by atoms with Crippen LogP contribution in [0, 0.1) is 15.9 Å². The first-order valence-corrected chi connectivity index (χ1v) is 6.49. The second kappa shape index (κ2) is 6.51. The van der Waals surface area contributed by atoms with E-state index in [0.717, 1.165) is 0 Å². The highest BCUT2D eigenvalue weighted by molar-refractivity contribution is 5.68. The maximum absolute atomic E-state index is 13.8. The third-order valence-electron chi connectivity index (χ3n) is 2.73. The smallest absolute Gasteiger partial charge is 0.408 e. The summed E-state index contributed by atoms with van der Waals surface area (Å²) < 4.78 is 18.9. The molecule has 1 amide bonds. The number of nitrogens with zero attached hydrogens (tertiary/aromatic N) is 1. The molecular formula is C14H19FN2O4. The molecule has 2 atom stereocenters. The number of carbonyl (C=O) groups excluding carboxylic acids is 1. The highest BCUT2D eigenvalue weighted by atomic mass is 19.1. The van der Waals surface area contributed by atoms with Gasteiger partial charge in [-0.1, -0.05) is 18.2 Å². The fraction of sp³-hybridized carbons (Fsp3) is 0.500. The molecule has 0 aliphatic heterocycles. The molecule has 0 saturated heterocycles. The van der Waals surface area contributed by atoms with Crippen molar-refractivity contribution in [2.45, 2.75) is 45.4 Å². The number of rotatable bonds is 4. The van der Waals surface area contributed by atoms with Crippen LogP contribution in [0.4, 0.5) is 9.18 Å². The summed E-state index contributed by atoms with van der Waals surface area (Å²) in [6, 6.07) is 3.29. The first-order valence-electron chi connectivity index (χ1n) is 6.49. The minimum Gasteiger partial charge on any atom is -0.444 e. The van der Waals surface area contributed by atoms with Crippen molar-refractivity contribution < 1.29 is 18.8 Å². The van der Waals surface area contributed by atoms with Gasteiger partial charge >= 0.3 is 6.09 Å². The molecule has 1 aromatic rings. The number of nitro groups is 1. The summed E-state index contributed by atoms with van der Waals surface area (Å²) in [7, 11) is 0. The highest BCUT2D eigenvalue weighted by Crippen LogP contribution is 2.22. The number of halogens is 1. The predicted molar refractivity (Wildman–Crippen MR) is 75.0 cm³/mol. The van der Waals surface area contributed by atoms with Crippen molar-refractivity contribution in [3.05, 3.63) is 45.8 Å². The standard InChI is InChI=1S/C14H19FN2O4/c1-9(17(19)20)12(10-7-5-6-8-11(10)15)16-13(18)21-14(2,3)4/h5-9,12H,1-4H3,(H,16,18)/t9-,12+/m1/s1. The van der Waals surface area contributed by atoms with Gasteiger partial charge < -0.3 is 10.1 Å². The van der Waals surface area contributed by atoms with Crippen LogP contribution in [0.25, 0.3) is 0 Å². The fourth-order valence-corrected chi connectivity index (χ4v) is 1.74. The lowest BCUT2D eigenvalue weighted by Gasteiger charge is -2.24. The molecule has 116 valence electrons. The van der Waals surface area contributed by atoms with E-state index < -0.39 is 34.5 Å². The van der Waals surface area contributed by atoms with Gasteiger partial charge in [0.2, 0.25) is 6.04 Å². The molecule has 0 heterocycles. The van der Waals surface area contributed by atoms with Gasteiger partial charge in [0.25, 0.3) is 0 Å². The number of hydrogen-bond donors (Lipinski definition) is 1. The Morgan fingerprint density at radius 2 is 1.95 bits per heavy atom. The molecule has 0 aliphatic rings. The molecule has 0 aromatic heterocycles. The summed E-state index contributed by atoms with van der Waals surface area (Å²) in [6.07, 6.45) is -0.829. The van der Waals surface area contributed by atoms with Crippen LogP contribution in [0.2, 0.25) is 0 Å². The fourth-order valence-electron chi connectivity index (χ4n) is 1.74. The first-order chi connectivity index (χ1) is 9.61. The summed E-state index contributed by atoms with van der Waals surface area (Å²) in [5.74, 6) is -0.618. The minimum absolute atomic E-state index is 0.0487. The van der Waals surface area contributed by atoms with Gasteiger partial charge in [-0.25, -0.2) is 9.18 Å². The first kappa shape index (κ1) is 16.9. The zero-order chi connectivity index (χ0) is 16.2. The molecule has 0 unspecified atom stereocenters. The van der Waals surface area contributed by atoms with Crippen LogP contribution in [0.3, 0.4) is 0 Å². The van der Waals surface area contributed by atoms with Crippen molar-refractivity contribution >= 4 is 6.09 Å². The van der Waals surface area contributed by atoms with Gasteiger partial charge in [-0.2, -0.15) is 0 Å². The highest BCUT2D eigenvalue weighted by Gasteiger charge is 2.33. The molecule has 0 aliphatic carbocycles. The predicted octanol–water partition coefficient (Wildman–Crippen LogP) is 3.06. The lowest BCUT2D eigenvalue weighted by Crippen LogP contribution is -2.41. The zero-order valence-electron chi connectivity index (χ0n) is 12.4. The van der Waals surface area contributed by atoms with E-state index in [2.05, 4.69) is 5.32 Å². The third-order valence-corrected chi connectivity index (χ3v) is 2.73. The summed E-state index contributed by atoms with van der Waals surface area (Å²) in [5.41, 5.74) is -0.700. The molecule has 0 bridgehead atoms. The van der Waals surface area contributed by atoms with Gasteiger partial charge in [-0.3, -0.25) is 10.1 Å². The number of benzene rings is 1. The van der Waals surface area contributed by atoms with Crippen molar-refractivity contribution in [3.63, 3.8) is 0 Å². The Morgan fingerprint density at radius 1 is 1.38 bits per heavy atom. The Morgan fingerprint density at radius 3 is 2.43 bits per heavy atom. The van der Waals surface area contributed by atoms with Crippen LogP contribution in [0.15, 0.2) is 24.3 Å². The van der Waals surface area contributed by atoms with Crippen LogP contribution in [-0.2, 0) is 4.74 Å². The van der Waals surface area contributed by atoms with Gasteiger partial charge in [0.15, 0.2) is 0 Å². The molecule has 0 radical (unpaired) electrons. The molecule has 1 N–H and O–H groups in total. The van der Waals surface area contributed by atoms with Crippen LogP contribution < -0.4 is 5.32 Å². The van der Waals surface area contributed by atoms with Gasteiger partial charge in [0.05, 0.1) is 0 Å². The van der Waals surface area contributed by atoms with E-state index in [1.165, 1.54) is 25.1 Å². The van der Waals surface area contributed by atoms with E-state index in [1.54, 1.807) is 26.8 Å². The lowest BCUT2D eigenvalue weighted by molar-refractivity contribution is -0.523. The van der Waals surface area contributed by atoms with Crippen molar-refractivity contribution in [3.8, 4) is 0 Å². The Labute approximate surface area is 122 Å². The molecule has 0 fully saturated rings. The van der Waals surface area contributed by atoms with Crippen molar-refractivity contribution in [1.82, 2.24) is 5.32 Å². The Hall–Kier alpha value is -2.18. The van der Waals surface area contributed by atoms with Crippen molar-refractivity contribution in [1.29, 1.82) is 0 Å². The number of ether oxygens (including phenoxy) is 1. The SMILES string of the molecule is C[C@H]([C@H](NC(=O)OC(C)(C)C)c1ccccc1F)[N+](=O)[O-]. The van der Waals surface area contributed by atoms with Crippen molar-refractivity contribution in [2.24, 2.45) is 0 Å². The molecule has 7 heteroatoms. The molecular weight excluding hydrogens is 279 g/mol. The summed E-state index contributed by atoms with van der Waals surface area (Å²) in [6.45, 7) is 6.30. The molecule has 6 nitrogen and oxygen atoms in total. The summed E-state index contributed by atoms with van der Waals surface area (Å²) in [5, 5.41) is 13.4. The molecule has 1 rings (SSSR count). The number of hydrogen-bond acceptors (Lipinski definition) is 4. The molecule has 1 aromatic carbocycles. The van der Waals surface area contributed by atoms with E-state index in [1.807, 2.05) is 0 Å². The molecule has 0 spiro atoms. The Kier molecular flexibility index (Phi) is 5.23. The van der Waals surface area contributed by atoms with Gasteiger partial charge in [0, 0.05) is 17.4 Å². The second-order valence-electron chi connectivity index (χ2n) is 5.67. The molecule has 21 heavy (non-hydrogen) atoms. The maximum atomic E-state index is 13.8. The van der Waals surface area contributed by atoms with Crippen LogP contribution >= 0.6 is 0 Å². The maximum Gasteiger partial charge on any atom is 0.408 e. The van der Waals surface area contributed by atoms with E-state index in [9.17, 15) is 19.3 Å². The number of carbonyl (C=O) groups is 1. The van der Waals surface area contributed by atoms with E-state index in [0.29, 0.717) is 0 Å². The van der Waals surface area contributed by atoms with Crippen LogP contribution in [-0.4, -0.2) is 22.7 Å². The van der Waals surface area contributed by atoms with E-state index >= 15 is 0 Å². The number of amides is 1. The van der Waals surface area contributed by atoms with Gasteiger partial charge in [-0.15, -0.1) is 0 Å². The third kappa shape index (κ3) is 5.02. The largest absolute Gasteiger partial charge is 0.444 e. The molecule has 0 saturated carbocycles. The second-order valence-corrected chi connectivity index (χ2v) is 5.67. The van der Waals surface area contributed by atoms with E-state index in [4.69, 9.17) is 4.74 Å². The van der Waals surface area contributed by atoms with Crippen LogP contribution in [0.5, 0.6) is 0 Å². The van der Waals surface area contributed by atoms with Crippen LogP contribution in [0.1, 0.15) is 39.3 Å².